The molecule has 0 spiro atoms. The Morgan fingerprint density at radius 1 is 1.39 bits per heavy atom. The minimum Gasteiger partial charge on any atom is -0.394 e. The number of carbonyl (C=O) groups is 2. The predicted molar refractivity (Wildman–Crippen MR) is 133 cm³/mol. The number of hydrogen-bond donors (Lipinski definition) is 5. The number of aromatic nitrogens is 1. The van der Waals surface area contributed by atoms with E-state index in [1.807, 2.05) is 12.1 Å². The lowest BCUT2D eigenvalue weighted by Crippen LogP contribution is -2.76. The number of hydroxylamine groups is 2. The number of oxime groups is 1. The summed E-state index contributed by atoms with van der Waals surface area (Å²) in [5, 5.41) is 15.9. The summed E-state index contributed by atoms with van der Waals surface area (Å²) in [7, 11) is -4.93. The van der Waals surface area contributed by atoms with Gasteiger partial charge >= 0.3 is 10.4 Å². The number of rotatable bonds is 11. The largest absolute Gasteiger partial charge is 0.418 e. The summed E-state index contributed by atoms with van der Waals surface area (Å²) >= 11 is 2.53. The van der Waals surface area contributed by atoms with Gasteiger partial charge in [-0.15, -0.1) is 27.4 Å². The summed E-state index contributed by atoms with van der Waals surface area (Å²) in [6.07, 6.45) is 0. The van der Waals surface area contributed by atoms with Crippen molar-refractivity contribution in [1.29, 1.82) is 5.41 Å². The third-order valence-corrected chi connectivity index (χ3v) is 6.85. The summed E-state index contributed by atoms with van der Waals surface area (Å²) in [4.78, 5) is 35.5. The number of thioether (sulfide) groups is 1. The van der Waals surface area contributed by atoms with E-state index >= 15 is 0 Å². The average Bonchev–Trinajstić information content (AvgIpc) is 3.23. The number of nitrogens with two attached hydrogens (primary N) is 2. The number of hydrogen-bond acceptors (Lipinski definition) is 12. The lowest BCUT2D eigenvalue weighted by molar-refractivity contribution is -0.218. The van der Waals surface area contributed by atoms with Crippen molar-refractivity contribution >= 4 is 62.0 Å². The molecule has 1 aromatic carbocycles. The molecule has 1 aliphatic heterocycles. The van der Waals surface area contributed by atoms with Crippen LogP contribution in [0.25, 0.3) is 0 Å². The third kappa shape index (κ3) is 6.49. The van der Waals surface area contributed by atoms with Crippen LogP contribution >= 0.6 is 23.1 Å². The van der Waals surface area contributed by atoms with E-state index in [9.17, 15) is 18.0 Å². The van der Waals surface area contributed by atoms with Gasteiger partial charge in [0.05, 0.1) is 5.54 Å². The van der Waals surface area contributed by atoms with E-state index in [0.717, 1.165) is 16.2 Å². The molecular formula is C19H23N7O7S3. The molecule has 1 aliphatic rings. The minimum absolute atomic E-state index is 0.0247. The molecule has 2 aromatic rings. The van der Waals surface area contributed by atoms with Crippen molar-refractivity contribution in [3.8, 4) is 0 Å². The monoisotopic (exact) mass is 557 g/mol. The molecule has 0 saturated carbocycles. The van der Waals surface area contributed by atoms with Crippen molar-refractivity contribution in [2.45, 2.75) is 30.3 Å². The number of thiazole rings is 1. The van der Waals surface area contributed by atoms with Crippen LogP contribution < -0.4 is 16.8 Å². The summed E-state index contributed by atoms with van der Waals surface area (Å²) in [5.41, 5.74) is 10.3. The number of nitrogen functional groups attached to an aromatic ring is 2. The number of anilines is 1. The summed E-state index contributed by atoms with van der Waals surface area (Å²) < 4.78 is 35.1. The highest BCUT2D eigenvalue weighted by molar-refractivity contribution is 7.99. The number of β-lactam (4-membered cyclic amide) rings is 1. The highest BCUT2D eigenvalue weighted by Gasteiger charge is 2.58. The minimum atomic E-state index is -4.93. The van der Waals surface area contributed by atoms with Gasteiger partial charge in [-0.1, -0.05) is 17.3 Å². The van der Waals surface area contributed by atoms with E-state index in [1.54, 1.807) is 12.1 Å². The number of carbonyl (C=O) groups excluding carboxylic acids is 2. The molecular weight excluding hydrogens is 534 g/mol. The van der Waals surface area contributed by atoms with Crippen LogP contribution in [0.1, 0.15) is 25.1 Å². The Bertz CT molecular complexity index is 1290. The Labute approximate surface area is 214 Å². The van der Waals surface area contributed by atoms with E-state index in [1.165, 1.54) is 31.0 Å². The van der Waals surface area contributed by atoms with Crippen LogP contribution in [0, 0.1) is 5.41 Å². The zero-order valence-electron chi connectivity index (χ0n) is 19.0. The Kier molecular flexibility index (Phi) is 8.19. The SMILES string of the molecule is CC1(C)[C@H](NC(=O)C(=NOCCSc2ccc(C(=N)N)cc2)c2csc(N)n2)C(=O)N1OS(=O)(=O)O. The molecule has 7 N–H and O–H groups in total. The quantitative estimate of drug-likeness (QED) is 0.0482. The third-order valence-electron chi connectivity index (χ3n) is 4.87. The maximum absolute atomic E-state index is 12.9. The number of amides is 2. The smallest absolute Gasteiger partial charge is 0.394 e. The van der Waals surface area contributed by atoms with Gasteiger partial charge in [-0.3, -0.25) is 19.6 Å². The van der Waals surface area contributed by atoms with Crippen molar-refractivity contribution in [2.75, 3.05) is 18.1 Å². The van der Waals surface area contributed by atoms with Gasteiger partial charge in [0.2, 0.25) is 0 Å². The van der Waals surface area contributed by atoms with Crippen LogP contribution in [0.2, 0.25) is 0 Å². The van der Waals surface area contributed by atoms with Gasteiger partial charge in [-0.25, -0.2) is 4.98 Å². The van der Waals surface area contributed by atoms with Gasteiger partial charge in [-0.05, 0) is 26.0 Å². The van der Waals surface area contributed by atoms with E-state index in [4.69, 9.17) is 26.3 Å². The van der Waals surface area contributed by atoms with Crippen molar-refractivity contribution < 1.29 is 31.7 Å². The topological polar surface area (TPSA) is 223 Å². The van der Waals surface area contributed by atoms with Crippen LogP contribution in [-0.4, -0.2) is 70.3 Å². The molecule has 1 saturated heterocycles. The second kappa shape index (κ2) is 10.8. The first kappa shape index (κ1) is 27.3. The molecule has 2 heterocycles. The van der Waals surface area contributed by atoms with E-state index in [2.05, 4.69) is 19.7 Å². The molecule has 1 fully saturated rings. The Hall–Kier alpha value is -3.25. The molecule has 1 atom stereocenters. The molecule has 194 valence electrons. The van der Waals surface area contributed by atoms with Gasteiger partial charge in [0.25, 0.3) is 11.8 Å². The maximum atomic E-state index is 12.9. The maximum Gasteiger partial charge on any atom is 0.418 e. The molecule has 14 nitrogen and oxygen atoms in total. The molecule has 0 radical (unpaired) electrons. The van der Waals surface area contributed by atoms with Gasteiger partial charge in [0.15, 0.2) is 10.8 Å². The van der Waals surface area contributed by atoms with Gasteiger partial charge in [0, 0.05) is 21.6 Å². The summed E-state index contributed by atoms with van der Waals surface area (Å²) in [6, 6.07) is 5.90. The molecule has 2 amide bonds. The van der Waals surface area contributed by atoms with Crippen LogP contribution in [-0.2, 0) is 29.1 Å². The molecule has 0 aliphatic carbocycles. The standard InChI is InChI=1S/C19H23N7O7S3/c1-19(2)14(17(28)26(19)33-36(29,30)31)24-16(27)13(12-9-35-18(22)23-12)25-32-7-8-34-11-5-3-10(4-6-11)15(20)21/h3-6,9,14H,7-8H2,1-2H3,(H3,20,21)(H2,22,23)(H,24,27)(H,29,30,31)/t14-/m1/s1. The van der Waals surface area contributed by atoms with Gasteiger partial charge in [0.1, 0.15) is 24.2 Å². The first-order valence-corrected chi connectivity index (χ1v) is 13.3. The van der Waals surface area contributed by atoms with Crippen LogP contribution in [0.5, 0.6) is 0 Å². The van der Waals surface area contributed by atoms with E-state index in [-0.39, 0.29) is 29.0 Å². The van der Waals surface area contributed by atoms with E-state index < -0.39 is 33.8 Å². The van der Waals surface area contributed by atoms with Crippen molar-refractivity contribution in [2.24, 2.45) is 10.9 Å². The Balaban J connectivity index is 1.64. The highest BCUT2D eigenvalue weighted by atomic mass is 32.3. The normalized spacial score (nSPS) is 17.4. The molecule has 1 aromatic heterocycles. The van der Waals surface area contributed by atoms with Crippen molar-refractivity contribution in [3.63, 3.8) is 0 Å². The fourth-order valence-corrected chi connectivity index (χ4v) is 4.78. The molecule has 3 rings (SSSR count). The zero-order valence-corrected chi connectivity index (χ0v) is 21.4. The molecule has 36 heavy (non-hydrogen) atoms. The van der Waals surface area contributed by atoms with Crippen LogP contribution in [0.3, 0.4) is 0 Å². The van der Waals surface area contributed by atoms with Crippen molar-refractivity contribution in [1.82, 2.24) is 15.4 Å². The van der Waals surface area contributed by atoms with Gasteiger partial charge in [-0.2, -0.15) is 13.5 Å². The number of benzene rings is 1. The van der Waals surface area contributed by atoms with E-state index in [0.29, 0.717) is 16.4 Å². The highest BCUT2D eigenvalue weighted by Crippen LogP contribution is 2.33. The second-order valence-corrected chi connectivity index (χ2v) is 10.9. The fourth-order valence-electron chi connectivity index (χ4n) is 3.06. The van der Waals surface area contributed by atoms with Crippen molar-refractivity contribution in [3.05, 3.63) is 40.9 Å². The van der Waals surface area contributed by atoms with Crippen LogP contribution in [0.15, 0.2) is 39.7 Å². The summed E-state index contributed by atoms with van der Waals surface area (Å²) in [5.74, 6) is -1.25. The molecule has 0 unspecified atom stereocenters. The Morgan fingerprint density at radius 3 is 2.58 bits per heavy atom. The first-order chi connectivity index (χ1) is 16.8. The number of nitrogens with one attached hydrogen (secondary N) is 2. The first-order valence-electron chi connectivity index (χ1n) is 10.1. The lowest BCUT2D eigenvalue weighted by atomic mass is 9.84. The molecule has 17 heteroatoms. The number of nitrogens with zero attached hydrogens (tertiary/aromatic N) is 3. The number of amidine groups is 1. The lowest BCUT2D eigenvalue weighted by Gasteiger charge is -2.50. The second-order valence-electron chi connectivity index (χ2n) is 7.83. The predicted octanol–water partition coefficient (Wildman–Crippen LogP) is 0.362. The molecule has 0 bridgehead atoms. The average molecular weight is 558 g/mol. The zero-order chi connectivity index (χ0) is 26.7. The Morgan fingerprint density at radius 2 is 2.06 bits per heavy atom. The fraction of sp³-hybridized carbons (Fsp3) is 0.316. The summed E-state index contributed by atoms with van der Waals surface area (Å²) in [6.45, 7) is 2.98. The van der Waals surface area contributed by atoms with Crippen LogP contribution in [0.4, 0.5) is 5.13 Å². The van der Waals surface area contributed by atoms with Gasteiger partial charge < -0.3 is 21.6 Å².